The van der Waals surface area contributed by atoms with Crippen LogP contribution in [-0.4, -0.2) is 77.5 Å². The van der Waals surface area contributed by atoms with Gasteiger partial charge in [0, 0.05) is 39.0 Å². The number of rotatable bonds is 12. The summed E-state index contributed by atoms with van der Waals surface area (Å²) in [4.78, 5) is 77.4. The molecule has 5 unspecified atom stereocenters. The first kappa shape index (κ1) is 38.9. The number of nitrogens with zero attached hydrogens (tertiary/aromatic N) is 2. The Morgan fingerprint density at radius 1 is 1.18 bits per heavy atom. The van der Waals surface area contributed by atoms with Crippen LogP contribution in [-0.2, 0) is 30.5 Å². The van der Waals surface area contributed by atoms with Crippen LogP contribution >= 0.6 is 12.6 Å². The van der Waals surface area contributed by atoms with Gasteiger partial charge in [0.2, 0.25) is 17.6 Å². The second-order valence-electron chi connectivity index (χ2n) is 10.4. The summed E-state index contributed by atoms with van der Waals surface area (Å²) < 4.78 is 1.17. The van der Waals surface area contributed by atoms with E-state index in [9.17, 15) is 28.8 Å². The van der Waals surface area contributed by atoms with Crippen molar-refractivity contribution in [3.63, 3.8) is 0 Å². The largest absolute Gasteiger partial charge is 0.393 e. The van der Waals surface area contributed by atoms with Crippen molar-refractivity contribution in [3.8, 4) is 0 Å². The van der Waals surface area contributed by atoms with Crippen molar-refractivity contribution in [1.82, 2.24) is 30.8 Å². The summed E-state index contributed by atoms with van der Waals surface area (Å²) >= 11 is 3.53. The van der Waals surface area contributed by atoms with Crippen molar-refractivity contribution >= 4 is 47.7 Å². The molecule has 0 spiro atoms. The second kappa shape index (κ2) is 20.0. The van der Waals surface area contributed by atoms with Crippen LogP contribution in [0.5, 0.6) is 0 Å². The van der Waals surface area contributed by atoms with Gasteiger partial charge in [-0.05, 0) is 55.9 Å². The van der Waals surface area contributed by atoms with Gasteiger partial charge in [0.15, 0.2) is 0 Å². The topological polar surface area (TPSA) is 223 Å². The van der Waals surface area contributed by atoms with Gasteiger partial charge in [-0.3, -0.25) is 39.5 Å². The predicted molar refractivity (Wildman–Crippen MR) is 175 cm³/mol. The Labute approximate surface area is 269 Å². The van der Waals surface area contributed by atoms with Crippen molar-refractivity contribution in [2.75, 3.05) is 31.7 Å². The number of hydrogen-bond acceptors (Lipinski definition) is 11. The molecule has 5 atom stereocenters. The maximum absolute atomic E-state index is 13.1. The van der Waals surface area contributed by atoms with E-state index in [4.69, 9.17) is 11.6 Å². The molecule has 16 heteroatoms. The van der Waals surface area contributed by atoms with Gasteiger partial charge < -0.3 is 37.0 Å². The van der Waals surface area contributed by atoms with Gasteiger partial charge in [-0.15, -0.1) is 13.2 Å². The Morgan fingerprint density at radius 3 is 2.51 bits per heavy atom. The third-order valence-corrected chi connectivity index (χ3v) is 7.35. The highest BCUT2D eigenvalue weighted by Crippen LogP contribution is 2.32. The number of thiol groups is 1. The first-order valence-electron chi connectivity index (χ1n) is 14.5. The smallest absolute Gasteiger partial charge is 0.287 e. The summed E-state index contributed by atoms with van der Waals surface area (Å²) in [7, 11) is 1.29. The second-order valence-corrected chi connectivity index (χ2v) is 10.4. The molecule has 0 aromatic carbocycles. The average Bonchev–Trinajstić information content (AvgIpc) is 3.04. The fraction of sp³-hybridized carbons (Fsp3) is 0.517. The molecule has 3 rings (SSSR count). The zero-order chi connectivity index (χ0) is 34.1. The van der Waals surface area contributed by atoms with Crippen molar-refractivity contribution < 1.29 is 24.0 Å². The zero-order valence-corrected chi connectivity index (χ0v) is 27.0. The molecule has 2 aliphatic heterocycles. The minimum Gasteiger partial charge on any atom is -0.393 e. The van der Waals surface area contributed by atoms with E-state index >= 15 is 0 Å². The minimum absolute atomic E-state index is 0.101. The number of pyridine rings is 1. The van der Waals surface area contributed by atoms with Gasteiger partial charge in [-0.2, -0.15) is 12.6 Å². The standard InChI is InChI=1S/C26H39N9O6.C2H4.CH4S/c1-15-11-16-5-3-9-34(13-16)22(15)33-21(37)14-35-10-4-6-19(26(35)41)32-24(39)18(7-8-20(36)25(40)29-2)31-23(38)17(27)12-30-28;2*1-2/h4,6,10,12,15-16,18,22,30H,3,5,7-9,11,13-14,27-28H2,1-2H3,(H,29,40)(H,31,38)(H,32,39)(H,33,37);1-2H2;2H,1H3/b17-12-;;. The van der Waals surface area contributed by atoms with Gasteiger partial charge in [0.1, 0.15) is 24.0 Å². The molecule has 3 heterocycles. The predicted octanol–water partition coefficient (Wildman–Crippen LogP) is -0.827. The van der Waals surface area contributed by atoms with Gasteiger partial charge in [-0.1, -0.05) is 6.92 Å². The van der Waals surface area contributed by atoms with Crippen LogP contribution in [0.1, 0.15) is 39.0 Å². The van der Waals surface area contributed by atoms with E-state index in [-0.39, 0.29) is 48.8 Å². The highest BCUT2D eigenvalue weighted by molar-refractivity contribution is 7.79. The Morgan fingerprint density at radius 2 is 1.87 bits per heavy atom. The molecule has 4 amide bonds. The Kier molecular flexibility index (Phi) is 17.3. The molecule has 2 bridgehead atoms. The van der Waals surface area contributed by atoms with E-state index in [2.05, 4.69) is 64.3 Å². The van der Waals surface area contributed by atoms with Gasteiger partial charge in [0.25, 0.3) is 17.4 Å². The number of carbonyl (C=O) groups is 5. The molecule has 2 saturated heterocycles. The van der Waals surface area contributed by atoms with Crippen LogP contribution < -0.4 is 43.8 Å². The van der Waals surface area contributed by atoms with Crippen LogP contribution in [0.4, 0.5) is 5.69 Å². The first-order chi connectivity index (χ1) is 21.5. The number of likely N-dealkylation sites (N-methyl/N-ethyl adjacent to an activating group) is 1. The average molecular weight is 650 g/mol. The molecule has 0 saturated carbocycles. The number of nitrogens with two attached hydrogens (primary N) is 2. The summed E-state index contributed by atoms with van der Waals surface area (Å²) in [6.07, 6.45) is 6.75. The van der Waals surface area contributed by atoms with E-state index in [1.807, 2.05) is 0 Å². The normalized spacial score (nSPS) is 20.8. The lowest BCUT2D eigenvalue weighted by atomic mass is 9.82. The summed E-state index contributed by atoms with van der Waals surface area (Å²) in [5, 5.41) is 10.1. The van der Waals surface area contributed by atoms with Crippen molar-refractivity contribution in [2.45, 2.75) is 57.8 Å². The number of anilines is 1. The molecule has 1 aromatic heterocycles. The van der Waals surface area contributed by atoms with E-state index in [0.717, 1.165) is 32.1 Å². The van der Waals surface area contributed by atoms with Crippen LogP contribution in [0, 0.1) is 11.8 Å². The minimum atomic E-state index is -1.33. The molecular formula is C29H47N9O6S. The number of hydrazine groups is 1. The lowest BCUT2D eigenvalue weighted by Crippen LogP contribution is -2.59. The number of amides is 4. The molecule has 2 aliphatic rings. The molecule has 0 aliphatic carbocycles. The number of nitrogens with one attached hydrogen (secondary N) is 5. The van der Waals surface area contributed by atoms with Gasteiger partial charge in [-0.25, -0.2) is 0 Å². The SMILES string of the molecule is C=C.CNC(=O)C(=O)CCC(NC(=O)/C(N)=C/NN)C(=O)Nc1cccn(CC(=O)NC2C(C)CC3CCCN2C3)c1=O.CS. The molecule has 9 N–H and O–H groups in total. The molecule has 2 fully saturated rings. The lowest BCUT2D eigenvalue weighted by Gasteiger charge is -2.47. The Hall–Kier alpha value is -4.15. The number of aromatic nitrogens is 1. The molecule has 15 nitrogen and oxygen atoms in total. The first-order valence-corrected chi connectivity index (χ1v) is 15.4. The highest BCUT2D eigenvalue weighted by atomic mass is 32.1. The molecule has 45 heavy (non-hydrogen) atoms. The fourth-order valence-electron chi connectivity index (χ4n) is 5.33. The number of carbonyl (C=O) groups excluding carboxylic acids is 5. The molecular weight excluding hydrogens is 602 g/mol. The Bertz CT molecular complexity index is 1270. The molecule has 0 radical (unpaired) electrons. The lowest BCUT2D eigenvalue weighted by molar-refractivity contribution is -0.137. The van der Waals surface area contributed by atoms with Crippen LogP contribution in [0.25, 0.3) is 0 Å². The number of Topliss-reactive ketones (excluding diaryl/α,β-unsaturated/α-hetero) is 1. The van der Waals surface area contributed by atoms with Crippen LogP contribution in [0.2, 0.25) is 0 Å². The van der Waals surface area contributed by atoms with E-state index in [1.54, 1.807) is 6.26 Å². The van der Waals surface area contributed by atoms with Crippen molar-refractivity contribution in [3.05, 3.63) is 53.7 Å². The quantitative estimate of drug-likeness (QED) is 0.0351. The number of ketones is 1. The van der Waals surface area contributed by atoms with Crippen LogP contribution in [0.15, 0.2) is 48.2 Å². The van der Waals surface area contributed by atoms with E-state index in [0.29, 0.717) is 5.92 Å². The third-order valence-electron chi connectivity index (χ3n) is 7.35. The number of fused-ring (bicyclic) bond motifs is 2. The van der Waals surface area contributed by atoms with Crippen LogP contribution in [0.3, 0.4) is 0 Å². The molecule has 250 valence electrons. The van der Waals surface area contributed by atoms with Gasteiger partial charge >= 0.3 is 0 Å². The highest BCUT2D eigenvalue weighted by Gasteiger charge is 2.36. The Balaban J connectivity index is 0.00000243. The molecule has 1 aromatic rings. The monoisotopic (exact) mass is 649 g/mol. The maximum Gasteiger partial charge on any atom is 0.287 e. The summed E-state index contributed by atoms with van der Waals surface area (Å²) in [6.45, 7) is 9.74. The number of hydrogen-bond donors (Lipinski definition) is 8. The third kappa shape index (κ3) is 11.7. The summed E-state index contributed by atoms with van der Waals surface area (Å²) in [5.41, 5.74) is 6.57. The van der Waals surface area contributed by atoms with Crippen molar-refractivity contribution in [1.29, 1.82) is 0 Å². The summed E-state index contributed by atoms with van der Waals surface area (Å²) in [6, 6.07) is 1.52. The maximum atomic E-state index is 13.1. The number of piperidine rings is 2. The zero-order valence-electron chi connectivity index (χ0n) is 26.1. The van der Waals surface area contributed by atoms with E-state index in [1.165, 1.54) is 36.4 Å². The van der Waals surface area contributed by atoms with Crippen molar-refractivity contribution in [2.24, 2.45) is 23.4 Å². The van der Waals surface area contributed by atoms with E-state index < -0.39 is 35.1 Å². The fourth-order valence-corrected chi connectivity index (χ4v) is 5.33. The summed E-state index contributed by atoms with van der Waals surface area (Å²) in [5.74, 6) is 2.39. The van der Waals surface area contributed by atoms with Gasteiger partial charge in [0.05, 0.1) is 6.17 Å².